The number of aromatic nitrogens is 2. The monoisotopic (exact) mass is 337 g/mol. The van der Waals surface area contributed by atoms with E-state index in [-0.39, 0.29) is 5.91 Å². The Balaban J connectivity index is 1.44. The Bertz CT molecular complexity index is 755. The molecule has 1 N–H and O–H groups in total. The number of nitrogens with zero attached hydrogens (tertiary/aromatic N) is 2. The second-order valence-electron chi connectivity index (χ2n) is 5.35. The third-order valence-corrected chi connectivity index (χ3v) is 4.55. The lowest BCUT2D eigenvalue weighted by atomic mass is 10.1. The fourth-order valence-electron chi connectivity index (χ4n) is 2.30. The van der Waals surface area contributed by atoms with E-state index in [1.165, 1.54) is 4.90 Å². The molecule has 2 aromatic carbocycles. The molecule has 5 heteroatoms. The lowest BCUT2D eigenvalue weighted by Crippen LogP contribution is -2.25. The molecule has 24 heavy (non-hydrogen) atoms. The summed E-state index contributed by atoms with van der Waals surface area (Å²) in [4.78, 5) is 17.4. The van der Waals surface area contributed by atoms with Gasteiger partial charge >= 0.3 is 0 Å². The van der Waals surface area contributed by atoms with E-state index in [0.29, 0.717) is 12.1 Å². The minimum absolute atomic E-state index is 0.0298. The van der Waals surface area contributed by atoms with Crippen LogP contribution < -0.4 is 5.32 Å². The summed E-state index contributed by atoms with van der Waals surface area (Å²) in [6.07, 6.45) is 5.46. The molecule has 0 aliphatic rings. The van der Waals surface area contributed by atoms with Crippen LogP contribution in [0.15, 0.2) is 78.2 Å². The molecule has 0 fully saturated rings. The first-order chi connectivity index (χ1) is 11.8. The van der Waals surface area contributed by atoms with Crippen molar-refractivity contribution in [1.29, 1.82) is 0 Å². The topological polar surface area (TPSA) is 46.9 Å². The molecule has 3 aromatic rings. The van der Waals surface area contributed by atoms with E-state index in [1.54, 1.807) is 24.3 Å². The normalized spacial score (nSPS) is 10.5. The van der Waals surface area contributed by atoms with Crippen LogP contribution in [0.3, 0.4) is 0 Å². The lowest BCUT2D eigenvalue weighted by Gasteiger charge is -2.07. The number of benzene rings is 2. The molecular formula is C19H19N3OS. The van der Waals surface area contributed by atoms with Gasteiger partial charge in [0.05, 0.1) is 6.33 Å². The summed E-state index contributed by atoms with van der Waals surface area (Å²) in [6, 6.07) is 17.9. The predicted octanol–water partition coefficient (Wildman–Crippen LogP) is 3.45. The van der Waals surface area contributed by atoms with Crippen molar-refractivity contribution in [2.45, 2.75) is 11.4 Å². The van der Waals surface area contributed by atoms with Crippen molar-refractivity contribution >= 4 is 17.7 Å². The first-order valence-corrected chi connectivity index (χ1v) is 8.80. The number of nitrogens with one attached hydrogen (secondary N) is 1. The van der Waals surface area contributed by atoms with Crippen molar-refractivity contribution in [3.05, 3.63) is 84.4 Å². The molecule has 0 unspecified atom stereocenters. The number of imidazole rings is 1. The van der Waals surface area contributed by atoms with Crippen molar-refractivity contribution in [1.82, 2.24) is 14.9 Å². The summed E-state index contributed by atoms with van der Waals surface area (Å²) in [6.45, 7) is 1.41. The van der Waals surface area contributed by atoms with Crippen molar-refractivity contribution in [2.75, 3.05) is 12.3 Å². The van der Waals surface area contributed by atoms with Crippen molar-refractivity contribution in [2.24, 2.45) is 0 Å². The van der Waals surface area contributed by atoms with Gasteiger partial charge in [-0.2, -0.15) is 0 Å². The summed E-state index contributed by atoms with van der Waals surface area (Å²) in [7, 11) is 0. The van der Waals surface area contributed by atoms with Gasteiger partial charge in [-0.3, -0.25) is 4.79 Å². The van der Waals surface area contributed by atoms with Gasteiger partial charge in [-0.15, -0.1) is 11.8 Å². The average molecular weight is 337 g/mol. The van der Waals surface area contributed by atoms with Crippen LogP contribution in [-0.4, -0.2) is 27.8 Å². The number of thioether (sulfide) groups is 1. The maximum atomic E-state index is 12.1. The van der Waals surface area contributed by atoms with Crippen LogP contribution in [0.25, 0.3) is 0 Å². The van der Waals surface area contributed by atoms with Gasteiger partial charge in [0, 0.05) is 41.7 Å². The molecule has 0 saturated carbocycles. The highest BCUT2D eigenvalue weighted by Crippen LogP contribution is 2.15. The Hall–Kier alpha value is -2.53. The molecule has 3 rings (SSSR count). The fraction of sp³-hybridized carbons (Fsp3) is 0.158. The van der Waals surface area contributed by atoms with Gasteiger partial charge in [0.25, 0.3) is 5.91 Å². The van der Waals surface area contributed by atoms with Gasteiger partial charge in [0.15, 0.2) is 0 Å². The average Bonchev–Trinajstić information content (AvgIpc) is 3.13. The smallest absolute Gasteiger partial charge is 0.251 e. The third kappa shape index (κ3) is 4.73. The van der Waals surface area contributed by atoms with Crippen LogP contribution in [0.2, 0.25) is 0 Å². The Kier molecular flexibility index (Phi) is 5.69. The summed E-state index contributed by atoms with van der Waals surface area (Å²) in [5.74, 6) is 0.826. The maximum absolute atomic E-state index is 12.1. The molecular weight excluding hydrogens is 318 g/mol. The van der Waals surface area contributed by atoms with Crippen LogP contribution in [0.4, 0.5) is 0 Å². The van der Waals surface area contributed by atoms with E-state index in [4.69, 9.17) is 0 Å². The lowest BCUT2D eigenvalue weighted by molar-refractivity contribution is 0.0956. The van der Waals surface area contributed by atoms with Gasteiger partial charge in [-0.1, -0.05) is 30.3 Å². The number of rotatable bonds is 7. The standard InChI is InChI=1S/C19H19N3OS/c23-19(21-11-13-24-18-4-2-1-3-5-18)17-8-6-16(7-9-17)14-22-12-10-20-15-22/h1-10,12,15H,11,13-14H2,(H,21,23). The molecule has 1 amide bonds. The van der Waals surface area contributed by atoms with Crippen molar-refractivity contribution < 1.29 is 4.79 Å². The highest BCUT2D eigenvalue weighted by Gasteiger charge is 2.05. The highest BCUT2D eigenvalue weighted by molar-refractivity contribution is 7.99. The zero-order valence-electron chi connectivity index (χ0n) is 13.3. The van der Waals surface area contributed by atoms with Crippen LogP contribution in [-0.2, 0) is 6.54 Å². The van der Waals surface area contributed by atoms with E-state index in [9.17, 15) is 4.79 Å². The zero-order valence-corrected chi connectivity index (χ0v) is 14.1. The number of carbonyl (C=O) groups is 1. The molecule has 0 radical (unpaired) electrons. The molecule has 0 aliphatic heterocycles. The molecule has 1 heterocycles. The number of carbonyl (C=O) groups excluding carboxylic acids is 1. The van der Waals surface area contributed by atoms with Gasteiger partial charge in [0.1, 0.15) is 0 Å². The minimum Gasteiger partial charge on any atom is -0.351 e. The molecule has 4 nitrogen and oxygen atoms in total. The molecule has 1 aromatic heterocycles. The summed E-state index contributed by atoms with van der Waals surface area (Å²) >= 11 is 1.74. The Morgan fingerprint density at radius 2 is 1.88 bits per heavy atom. The summed E-state index contributed by atoms with van der Waals surface area (Å²) in [5, 5.41) is 2.96. The molecule has 0 spiro atoms. The zero-order chi connectivity index (χ0) is 16.6. The summed E-state index contributed by atoms with van der Waals surface area (Å²) in [5.41, 5.74) is 1.83. The molecule has 122 valence electrons. The van der Waals surface area contributed by atoms with E-state index >= 15 is 0 Å². The highest BCUT2D eigenvalue weighted by atomic mass is 32.2. The van der Waals surface area contributed by atoms with Crippen molar-refractivity contribution in [3.63, 3.8) is 0 Å². The van der Waals surface area contributed by atoms with Crippen LogP contribution >= 0.6 is 11.8 Å². The fourth-order valence-corrected chi connectivity index (χ4v) is 3.09. The first-order valence-electron chi connectivity index (χ1n) is 7.82. The van der Waals surface area contributed by atoms with E-state index < -0.39 is 0 Å². The second kappa shape index (κ2) is 8.36. The predicted molar refractivity (Wildman–Crippen MR) is 97.3 cm³/mol. The SMILES string of the molecule is O=C(NCCSc1ccccc1)c1ccc(Cn2ccnc2)cc1. The van der Waals surface area contributed by atoms with Gasteiger partial charge in [0.2, 0.25) is 0 Å². The molecule has 0 atom stereocenters. The summed E-state index contributed by atoms with van der Waals surface area (Å²) < 4.78 is 2.00. The van der Waals surface area contributed by atoms with Gasteiger partial charge in [-0.05, 0) is 29.8 Å². The van der Waals surface area contributed by atoms with Gasteiger partial charge < -0.3 is 9.88 Å². The largest absolute Gasteiger partial charge is 0.351 e. The second-order valence-corrected chi connectivity index (χ2v) is 6.52. The number of hydrogen-bond acceptors (Lipinski definition) is 3. The number of hydrogen-bond donors (Lipinski definition) is 1. The van der Waals surface area contributed by atoms with Crippen molar-refractivity contribution in [3.8, 4) is 0 Å². The Morgan fingerprint density at radius 1 is 1.08 bits per heavy atom. The molecule has 0 saturated heterocycles. The molecule has 0 aliphatic carbocycles. The minimum atomic E-state index is -0.0298. The van der Waals surface area contributed by atoms with Gasteiger partial charge in [-0.25, -0.2) is 4.98 Å². The molecule has 0 bridgehead atoms. The Morgan fingerprint density at radius 3 is 2.58 bits per heavy atom. The van der Waals surface area contributed by atoms with Crippen LogP contribution in [0.1, 0.15) is 15.9 Å². The maximum Gasteiger partial charge on any atom is 0.251 e. The first kappa shape index (κ1) is 16.3. The Labute approximate surface area is 145 Å². The quantitative estimate of drug-likeness (QED) is 0.530. The van der Waals surface area contributed by atoms with E-state index in [2.05, 4.69) is 22.4 Å². The van der Waals surface area contributed by atoms with E-state index in [1.807, 2.05) is 53.2 Å². The number of amides is 1. The third-order valence-electron chi connectivity index (χ3n) is 3.54. The van der Waals surface area contributed by atoms with Crippen LogP contribution in [0, 0.1) is 0 Å². The van der Waals surface area contributed by atoms with E-state index in [0.717, 1.165) is 17.9 Å². The van der Waals surface area contributed by atoms with Crippen LogP contribution in [0.5, 0.6) is 0 Å².